The number of hydrogen-bond donors (Lipinski definition) is 2. The quantitative estimate of drug-likeness (QED) is 0.444. The molecule has 2 aromatic rings. The standard InChI is InChI=1S/C21H27N3O3/c1-25-16-12-17(26-2)14-18(13-16)27-11-10-23-21(22)24-20-9-5-7-15-6-3-4-8-19(15)20/h5,7,9,12-14H,3-4,6,8,10-11H2,1-2H3,(H3,22,23,24). The van der Waals surface area contributed by atoms with Crippen LogP contribution in [0.25, 0.3) is 0 Å². The molecule has 0 aliphatic heterocycles. The van der Waals surface area contributed by atoms with Crippen molar-refractivity contribution in [3.8, 4) is 17.2 Å². The van der Waals surface area contributed by atoms with Crippen molar-refractivity contribution in [1.29, 1.82) is 0 Å². The minimum Gasteiger partial charge on any atom is -0.496 e. The first-order chi connectivity index (χ1) is 13.2. The zero-order valence-corrected chi connectivity index (χ0v) is 16.0. The van der Waals surface area contributed by atoms with Gasteiger partial charge in [0.25, 0.3) is 0 Å². The number of fused-ring (bicyclic) bond motifs is 1. The van der Waals surface area contributed by atoms with Crippen molar-refractivity contribution in [2.45, 2.75) is 25.7 Å². The molecule has 0 heterocycles. The molecule has 144 valence electrons. The first-order valence-electron chi connectivity index (χ1n) is 9.23. The summed E-state index contributed by atoms with van der Waals surface area (Å²) in [6.07, 6.45) is 4.71. The Morgan fingerprint density at radius 1 is 1.04 bits per heavy atom. The predicted molar refractivity (Wildman–Crippen MR) is 108 cm³/mol. The number of aliphatic imine (C=N–C) groups is 1. The first kappa shape index (κ1) is 18.9. The lowest BCUT2D eigenvalue weighted by molar-refractivity contribution is 0.321. The maximum Gasteiger partial charge on any atom is 0.193 e. The summed E-state index contributed by atoms with van der Waals surface area (Å²) in [5.41, 5.74) is 9.89. The Bertz CT molecular complexity index is 783. The van der Waals surface area contributed by atoms with Gasteiger partial charge in [-0.1, -0.05) is 12.1 Å². The fraction of sp³-hybridized carbons (Fsp3) is 0.381. The Labute approximate surface area is 160 Å². The lowest BCUT2D eigenvalue weighted by Crippen LogP contribution is -2.25. The van der Waals surface area contributed by atoms with E-state index in [1.54, 1.807) is 20.3 Å². The second-order valence-corrected chi connectivity index (χ2v) is 6.44. The maximum atomic E-state index is 6.05. The minimum atomic E-state index is 0.404. The molecule has 6 heteroatoms. The molecule has 0 bridgehead atoms. The monoisotopic (exact) mass is 369 g/mol. The van der Waals surface area contributed by atoms with Crippen LogP contribution in [0.5, 0.6) is 17.2 Å². The van der Waals surface area contributed by atoms with Gasteiger partial charge >= 0.3 is 0 Å². The van der Waals surface area contributed by atoms with Crippen LogP contribution in [0.1, 0.15) is 24.0 Å². The fourth-order valence-corrected chi connectivity index (χ4v) is 3.27. The summed E-state index contributed by atoms with van der Waals surface area (Å²) in [6, 6.07) is 11.7. The molecule has 0 saturated carbocycles. The smallest absolute Gasteiger partial charge is 0.193 e. The number of nitrogens with two attached hydrogens (primary N) is 1. The van der Waals surface area contributed by atoms with Gasteiger partial charge in [-0.3, -0.25) is 0 Å². The largest absolute Gasteiger partial charge is 0.496 e. The molecule has 0 unspecified atom stereocenters. The van der Waals surface area contributed by atoms with Crippen molar-refractivity contribution in [3.63, 3.8) is 0 Å². The van der Waals surface area contributed by atoms with Crippen molar-refractivity contribution < 1.29 is 14.2 Å². The number of rotatable bonds is 7. The molecule has 27 heavy (non-hydrogen) atoms. The van der Waals surface area contributed by atoms with E-state index in [0.29, 0.717) is 36.4 Å². The highest BCUT2D eigenvalue weighted by atomic mass is 16.5. The molecule has 0 saturated heterocycles. The lowest BCUT2D eigenvalue weighted by atomic mass is 9.90. The van der Waals surface area contributed by atoms with Crippen LogP contribution in [0.4, 0.5) is 5.69 Å². The number of ether oxygens (including phenoxy) is 3. The zero-order chi connectivity index (χ0) is 19.1. The number of hydrogen-bond acceptors (Lipinski definition) is 4. The van der Waals surface area contributed by atoms with E-state index in [4.69, 9.17) is 19.9 Å². The summed E-state index contributed by atoms with van der Waals surface area (Å²) < 4.78 is 16.2. The van der Waals surface area contributed by atoms with E-state index >= 15 is 0 Å². The summed E-state index contributed by atoms with van der Waals surface area (Å²) in [5, 5.41) is 3.24. The molecule has 3 rings (SSSR count). The van der Waals surface area contributed by atoms with Crippen LogP contribution in [-0.2, 0) is 12.8 Å². The Hall–Kier alpha value is -2.89. The van der Waals surface area contributed by atoms with Crippen LogP contribution < -0.4 is 25.3 Å². The second-order valence-electron chi connectivity index (χ2n) is 6.44. The Balaban J connectivity index is 1.55. The van der Waals surface area contributed by atoms with Gasteiger partial charge in [0.2, 0.25) is 0 Å². The molecule has 0 aromatic heterocycles. The van der Waals surface area contributed by atoms with Gasteiger partial charge in [-0.25, -0.2) is 4.99 Å². The van der Waals surface area contributed by atoms with Crippen LogP contribution in [0.2, 0.25) is 0 Å². The van der Waals surface area contributed by atoms with Crippen molar-refractivity contribution in [2.75, 3.05) is 32.7 Å². The van der Waals surface area contributed by atoms with E-state index in [2.05, 4.69) is 28.5 Å². The second kappa shape index (κ2) is 9.16. The summed E-state index contributed by atoms with van der Waals surface area (Å²) in [6.45, 7) is 0.860. The SMILES string of the molecule is COc1cc(OC)cc(OCCN=C(N)Nc2cccc3c2CCCC3)c1. The molecule has 0 fully saturated rings. The molecule has 2 aromatic carbocycles. The average molecular weight is 369 g/mol. The number of anilines is 1. The Kier molecular flexibility index (Phi) is 6.41. The third kappa shape index (κ3) is 5.06. The van der Waals surface area contributed by atoms with Gasteiger partial charge in [-0.05, 0) is 42.9 Å². The number of benzene rings is 2. The third-order valence-corrected chi connectivity index (χ3v) is 4.63. The third-order valence-electron chi connectivity index (χ3n) is 4.63. The van der Waals surface area contributed by atoms with Gasteiger partial charge in [0.1, 0.15) is 23.9 Å². The number of aryl methyl sites for hydroxylation is 1. The molecule has 0 spiro atoms. The summed E-state index contributed by atoms with van der Waals surface area (Å²) in [5.74, 6) is 2.44. The first-order valence-corrected chi connectivity index (χ1v) is 9.23. The number of methoxy groups -OCH3 is 2. The van der Waals surface area contributed by atoms with Crippen molar-refractivity contribution in [2.24, 2.45) is 10.7 Å². The van der Waals surface area contributed by atoms with Crippen molar-refractivity contribution >= 4 is 11.6 Å². The van der Waals surface area contributed by atoms with E-state index in [1.807, 2.05) is 12.1 Å². The van der Waals surface area contributed by atoms with Crippen LogP contribution in [0, 0.1) is 0 Å². The lowest BCUT2D eigenvalue weighted by Gasteiger charge is -2.19. The Morgan fingerprint density at radius 2 is 1.74 bits per heavy atom. The normalized spacial score (nSPS) is 13.6. The van der Waals surface area contributed by atoms with E-state index in [0.717, 1.165) is 18.5 Å². The van der Waals surface area contributed by atoms with Crippen LogP contribution in [0.15, 0.2) is 41.4 Å². The van der Waals surface area contributed by atoms with Gasteiger partial charge in [0, 0.05) is 23.9 Å². The molecular weight excluding hydrogens is 342 g/mol. The van der Waals surface area contributed by atoms with Gasteiger partial charge in [-0.2, -0.15) is 0 Å². The highest BCUT2D eigenvalue weighted by molar-refractivity contribution is 5.93. The van der Waals surface area contributed by atoms with Gasteiger partial charge in [0.15, 0.2) is 5.96 Å². The van der Waals surface area contributed by atoms with Gasteiger partial charge < -0.3 is 25.3 Å². The van der Waals surface area contributed by atoms with Gasteiger partial charge in [0.05, 0.1) is 20.8 Å². The van der Waals surface area contributed by atoms with E-state index in [-0.39, 0.29) is 0 Å². The minimum absolute atomic E-state index is 0.404. The van der Waals surface area contributed by atoms with Crippen LogP contribution in [0.3, 0.4) is 0 Å². The summed E-state index contributed by atoms with van der Waals surface area (Å²) >= 11 is 0. The molecule has 0 radical (unpaired) electrons. The molecule has 6 nitrogen and oxygen atoms in total. The van der Waals surface area contributed by atoms with Gasteiger partial charge in [-0.15, -0.1) is 0 Å². The average Bonchev–Trinajstić information content (AvgIpc) is 2.71. The summed E-state index contributed by atoms with van der Waals surface area (Å²) in [7, 11) is 3.22. The highest BCUT2D eigenvalue weighted by Crippen LogP contribution is 2.28. The molecule has 0 amide bonds. The van der Waals surface area contributed by atoms with E-state index in [1.165, 1.54) is 24.0 Å². The van der Waals surface area contributed by atoms with Crippen molar-refractivity contribution in [3.05, 3.63) is 47.5 Å². The maximum absolute atomic E-state index is 6.05. The molecule has 1 aliphatic rings. The number of guanidine groups is 1. The van der Waals surface area contributed by atoms with E-state index in [9.17, 15) is 0 Å². The Morgan fingerprint density at radius 3 is 2.48 bits per heavy atom. The summed E-state index contributed by atoms with van der Waals surface area (Å²) in [4.78, 5) is 4.36. The topological polar surface area (TPSA) is 78.1 Å². The molecule has 3 N–H and O–H groups in total. The molecule has 0 atom stereocenters. The highest BCUT2D eigenvalue weighted by Gasteiger charge is 2.13. The molecule has 1 aliphatic carbocycles. The van der Waals surface area contributed by atoms with E-state index < -0.39 is 0 Å². The molecular formula is C21H27N3O3. The number of nitrogens with zero attached hydrogens (tertiary/aromatic N) is 1. The van der Waals surface area contributed by atoms with Crippen LogP contribution in [-0.4, -0.2) is 33.3 Å². The number of nitrogens with one attached hydrogen (secondary N) is 1. The fourth-order valence-electron chi connectivity index (χ4n) is 3.27. The van der Waals surface area contributed by atoms with Crippen LogP contribution >= 0.6 is 0 Å². The zero-order valence-electron chi connectivity index (χ0n) is 16.0. The predicted octanol–water partition coefficient (Wildman–Crippen LogP) is 3.39. The van der Waals surface area contributed by atoms with Crippen molar-refractivity contribution in [1.82, 2.24) is 0 Å².